The molecule has 7 nitrogen and oxygen atoms in total. The smallest absolute Gasteiger partial charge is 0.243 e. The molecule has 0 aliphatic rings. The maximum atomic E-state index is 13.7. The Labute approximate surface area is 228 Å². The number of aryl methyl sites for hydroxylation is 1. The highest BCUT2D eigenvalue weighted by atomic mass is 35.5. The topological polar surface area (TPSA) is 86.8 Å². The van der Waals surface area contributed by atoms with Crippen LogP contribution in [0.5, 0.6) is 0 Å². The van der Waals surface area contributed by atoms with E-state index in [0.29, 0.717) is 15.6 Å². The summed E-state index contributed by atoms with van der Waals surface area (Å²) < 4.78 is 27.3. The van der Waals surface area contributed by atoms with Crippen LogP contribution in [0.1, 0.15) is 16.7 Å². The van der Waals surface area contributed by atoms with Gasteiger partial charge in [0, 0.05) is 27.1 Å². The normalized spacial score (nSPS) is 12.3. The van der Waals surface area contributed by atoms with Gasteiger partial charge in [-0.25, -0.2) is 8.42 Å². The van der Waals surface area contributed by atoms with Crippen molar-refractivity contribution >= 4 is 45.0 Å². The fourth-order valence-electron chi connectivity index (χ4n) is 3.81. The zero-order valence-electron chi connectivity index (χ0n) is 20.8. The molecule has 10 heteroatoms. The van der Waals surface area contributed by atoms with Gasteiger partial charge in [-0.05, 0) is 42.3 Å². The van der Waals surface area contributed by atoms with Crippen molar-refractivity contribution in [2.24, 2.45) is 0 Å². The number of hydrogen-bond donors (Lipinski definition) is 1. The number of nitrogens with zero attached hydrogens (tertiary/aromatic N) is 2. The largest absolute Gasteiger partial charge is 0.357 e. The van der Waals surface area contributed by atoms with E-state index < -0.39 is 28.5 Å². The summed E-state index contributed by atoms with van der Waals surface area (Å²) >= 11 is 12.3. The zero-order chi connectivity index (χ0) is 27.2. The van der Waals surface area contributed by atoms with Gasteiger partial charge in [0.2, 0.25) is 21.8 Å². The second kappa shape index (κ2) is 12.6. The van der Waals surface area contributed by atoms with Crippen LogP contribution in [0.3, 0.4) is 0 Å². The van der Waals surface area contributed by atoms with Crippen LogP contribution >= 0.6 is 23.2 Å². The Balaban J connectivity index is 1.95. The third-order valence-corrected chi connectivity index (χ3v) is 8.50. The summed E-state index contributed by atoms with van der Waals surface area (Å²) in [4.78, 5) is 28.2. The van der Waals surface area contributed by atoms with Gasteiger partial charge in [-0.15, -0.1) is 0 Å². The number of rotatable bonds is 10. The number of hydrogen-bond acceptors (Lipinski definition) is 4. The van der Waals surface area contributed by atoms with Gasteiger partial charge < -0.3 is 10.2 Å². The molecule has 37 heavy (non-hydrogen) atoms. The summed E-state index contributed by atoms with van der Waals surface area (Å²) in [5, 5.41) is 3.30. The molecule has 1 atom stereocenters. The van der Waals surface area contributed by atoms with Crippen molar-refractivity contribution in [3.8, 4) is 0 Å². The third-order valence-electron chi connectivity index (χ3n) is 5.94. The molecule has 0 spiro atoms. The quantitative estimate of drug-likeness (QED) is 0.399. The first-order valence-electron chi connectivity index (χ1n) is 11.5. The van der Waals surface area contributed by atoms with Crippen molar-refractivity contribution < 1.29 is 18.0 Å². The molecule has 196 valence electrons. The maximum absolute atomic E-state index is 13.7. The average Bonchev–Trinajstić information content (AvgIpc) is 2.88. The van der Waals surface area contributed by atoms with Crippen LogP contribution in [-0.4, -0.2) is 56.1 Å². The molecule has 0 aliphatic heterocycles. The minimum absolute atomic E-state index is 0.0268. The van der Waals surface area contributed by atoms with E-state index in [9.17, 15) is 18.0 Å². The Morgan fingerprint density at radius 2 is 1.57 bits per heavy atom. The number of carbonyl (C=O) groups excluding carboxylic acids is 2. The Hall–Kier alpha value is -2.91. The Morgan fingerprint density at radius 1 is 0.919 bits per heavy atom. The van der Waals surface area contributed by atoms with Gasteiger partial charge in [-0.3, -0.25) is 9.59 Å². The van der Waals surface area contributed by atoms with E-state index in [1.165, 1.54) is 31.1 Å². The molecular formula is C27H29Cl2N3O4S. The molecule has 2 amide bonds. The van der Waals surface area contributed by atoms with Crippen LogP contribution in [0.4, 0.5) is 0 Å². The van der Waals surface area contributed by atoms with Crippen molar-refractivity contribution in [3.63, 3.8) is 0 Å². The van der Waals surface area contributed by atoms with Crippen molar-refractivity contribution in [3.05, 3.63) is 99.5 Å². The summed E-state index contributed by atoms with van der Waals surface area (Å²) in [6, 6.07) is 19.7. The molecule has 3 aromatic carbocycles. The van der Waals surface area contributed by atoms with Crippen molar-refractivity contribution in [2.75, 3.05) is 20.6 Å². The molecule has 0 fully saturated rings. The van der Waals surface area contributed by atoms with E-state index in [-0.39, 0.29) is 23.8 Å². The van der Waals surface area contributed by atoms with E-state index in [1.807, 2.05) is 37.3 Å². The lowest BCUT2D eigenvalue weighted by atomic mass is 10.0. The molecule has 0 saturated heterocycles. The Bertz CT molecular complexity index is 1350. The van der Waals surface area contributed by atoms with Crippen molar-refractivity contribution in [1.29, 1.82) is 0 Å². The van der Waals surface area contributed by atoms with Gasteiger partial charge >= 0.3 is 0 Å². The molecule has 0 saturated carbocycles. The summed E-state index contributed by atoms with van der Waals surface area (Å²) in [5.74, 6) is -0.907. The number of amides is 2. The van der Waals surface area contributed by atoms with Gasteiger partial charge in [0.1, 0.15) is 6.04 Å². The molecular weight excluding hydrogens is 533 g/mol. The standard InChI is InChI=1S/C27H29Cl2N3O4S/c1-19-9-12-22(13-10-19)37(35,36)31(3)18-26(33)32(17-21-11-14-23(28)24(29)15-21)25(27(34)30-2)16-20-7-5-4-6-8-20/h4-15,25H,16-18H2,1-3H3,(H,30,34). The average molecular weight is 563 g/mol. The fourth-order valence-corrected chi connectivity index (χ4v) is 5.25. The second-order valence-electron chi connectivity index (χ2n) is 8.66. The van der Waals surface area contributed by atoms with Gasteiger partial charge in [0.15, 0.2) is 0 Å². The molecule has 0 bridgehead atoms. The van der Waals surface area contributed by atoms with E-state index >= 15 is 0 Å². The van der Waals surface area contributed by atoms with Crippen LogP contribution in [0.2, 0.25) is 10.0 Å². The number of likely N-dealkylation sites (N-methyl/N-ethyl adjacent to an activating group) is 2. The first kappa shape index (κ1) is 28.7. The predicted molar refractivity (Wildman–Crippen MR) is 146 cm³/mol. The van der Waals surface area contributed by atoms with E-state index in [4.69, 9.17) is 23.2 Å². The van der Waals surface area contributed by atoms with Crippen LogP contribution < -0.4 is 5.32 Å². The summed E-state index contributed by atoms with van der Waals surface area (Å²) in [6.45, 7) is 1.43. The lowest BCUT2D eigenvalue weighted by molar-refractivity contribution is -0.141. The molecule has 1 N–H and O–H groups in total. The van der Waals surface area contributed by atoms with E-state index in [2.05, 4.69) is 5.32 Å². The van der Waals surface area contributed by atoms with Crippen molar-refractivity contribution in [1.82, 2.24) is 14.5 Å². The van der Waals surface area contributed by atoms with Gasteiger partial charge in [0.25, 0.3) is 0 Å². The van der Waals surface area contributed by atoms with Gasteiger partial charge in [0.05, 0.1) is 21.5 Å². The highest BCUT2D eigenvalue weighted by Gasteiger charge is 2.32. The van der Waals surface area contributed by atoms with E-state index in [0.717, 1.165) is 15.4 Å². The van der Waals surface area contributed by atoms with Crippen LogP contribution in [0, 0.1) is 6.92 Å². The highest BCUT2D eigenvalue weighted by Crippen LogP contribution is 2.25. The maximum Gasteiger partial charge on any atom is 0.243 e. The minimum atomic E-state index is -3.93. The SMILES string of the molecule is CNC(=O)C(Cc1ccccc1)N(Cc1ccc(Cl)c(Cl)c1)C(=O)CN(C)S(=O)(=O)c1ccc(C)cc1. The van der Waals surface area contributed by atoms with Crippen LogP contribution in [0.15, 0.2) is 77.7 Å². The Morgan fingerprint density at radius 3 is 2.16 bits per heavy atom. The number of halogens is 2. The summed E-state index contributed by atoms with van der Waals surface area (Å²) in [7, 11) is -1.09. The number of nitrogens with one attached hydrogen (secondary N) is 1. The molecule has 0 radical (unpaired) electrons. The van der Waals surface area contributed by atoms with E-state index in [1.54, 1.807) is 30.3 Å². The monoisotopic (exact) mass is 561 g/mol. The fraction of sp³-hybridized carbons (Fsp3) is 0.259. The second-order valence-corrected chi connectivity index (χ2v) is 11.5. The number of sulfonamides is 1. The van der Waals surface area contributed by atoms with Crippen LogP contribution in [0.25, 0.3) is 0 Å². The summed E-state index contributed by atoms with van der Waals surface area (Å²) in [6.07, 6.45) is 0.238. The van der Waals surface area contributed by atoms with Gasteiger partial charge in [-0.2, -0.15) is 4.31 Å². The van der Waals surface area contributed by atoms with Crippen LogP contribution in [-0.2, 0) is 32.6 Å². The molecule has 0 aromatic heterocycles. The molecule has 3 aromatic rings. The molecule has 0 heterocycles. The first-order valence-corrected chi connectivity index (χ1v) is 13.7. The first-order chi connectivity index (χ1) is 17.5. The third kappa shape index (κ3) is 7.32. The molecule has 1 unspecified atom stereocenters. The molecule has 0 aliphatic carbocycles. The highest BCUT2D eigenvalue weighted by molar-refractivity contribution is 7.89. The van der Waals surface area contributed by atoms with Crippen molar-refractivity contribution in [2.45, 2.75) is 30.8 Å². The molecule has 3 rings (SSSR count). The summed E-state index contributed by atoms with van der Waals surface area (Å²) in [5.41, 5.74) is 2.41. The van der Waals surface area contributed by atoms with Gasteiger partial charge in [-0.1, -0.05) is 77.3 Å². The Kier molecular flexibility index (Phi) is 9.73. The number of benzene rings is 3. The lowest BCUT2D eigenvalue weighted by Gasteiger charge is -2.32. The predicted octanol–water partition coefficient (Wildman–Crippen LogP) is 4.31. The minimum Gasteiger partial charge on any atom is -0.357 e. The number of carbonyl (C=O) groups is 2. The zero-order valence-corrected chi connectivity index (χ0v) is 23.1. The lowest BCUT2D eigenvalue weighted by Crippen LogP contribution is -2.52.